The van der Waals surface area contributed by atoms with Gasteiger partial charge < -0.3 is 0 Å². The molecule has 1 saturated carbocycles. The van der Waals surface area contributed by atoms with E-state index in [2.05, 4.69) is 32.9 Å². The lowest BCUT2D eigenvalue weighted by Crippen LogP contribution is -2.53. The molecule has 23 heavy (non-hydrogen) atoms. The molecule has 3 nitrogen and oxygen atoms in total. The van der Waals surface area contributed by atoms with Gasteiger partial charge in [-0.2, -0.15) is 0 Å². The number of benzene rings is 1. The summed E-state index contributed by atoms with van der Waals surface area (Å²) in [5.41, 5.74) is 0.356. The van der Waals surface area contributed by atoms with Crippen LogP contribution in [0.4, 0.5) is 5.69 Å². The minimum atomic E-state index is -0.212. The number of anilines is 1. The Morgan fingerprint density at radius 2 is 1.65 bits per heavy atom. The summed E-state index contributed by atoms with van der Waals surface area (Å²) < 4.78 is 0. The molecule has 1 aromatic rings. The maximum absolute atomic E-state index is 13.3. The van der Waals surface area contributed by atoms with Crippen molar-refractivity contribution in [2.24, 2.45) is 28.6 Å². The minimum absolute atomic E-state index is 0.00447. The Labute approximate surface area is 137 Å². The van der Waals surface area contributed by atoms with Gasteiger partial charge in [-0.05, 0) is 36.3 Å². The van der Waals surface area contributed by atoms with Crippen LogP contribution in [-0.4, -0.2) is 11.8 Å². The summed E-state index contributed by atoms with van der Waals surface area (Å²) >= 11 is 0. The molecule has 0 spiro atoms. The van der Waals surface area contributed by atoms with Gasteiger partial charge in [0.1, 0.15) is 0 Å². The zero-order valence-corrected chi connectivity index (χ0v) is 14.0. The van der Waals surface area contributed by atoms with E-state index in [0.29, 0.717) is 11.6 Å². The predicted octanol–water partition coefficient (Wildman–Crippen LogP) is 3.80. The molecule has 0 aromatic heterocycles. The lowest BCUT2D eigenvalue weighted by molar-refractivity contribution is -0.135. The van der Waals surface area contributed by atoms with Gasteiger partial charge in [0.2, 0.25) is 11.8 Å². The maximum atomic E-state index is 13.3. The molecule has 2 fully saturated rings. The van der Waals surface area contributed by atoms with Crippen molar-refractivity contribution in [1.82, 2.24) is 0 Å². The molecule has 0 N–H and O–H groups in total. The summed E-state index contributed by atoms with van der Waals surface area (Å²) in [7, 11) is 0. The molecule has 0 unspecified atom stereocenters. The number of fused-ring (bicyclic) bond motifs is 1. The van der Waals surface area contributed by atoms with Crippen molar-refractivity contribution < 1.29 is 9.59 Å². The van der Waals surface area contributed by atoms with Gasteiger partial charge in [-0.25, -0.2) is 0 Å². The Morgan fingerprint density at radius 1 is 1.00 bits per heavy atom. The highest BCUT2D eigenvalue weighted by Gasteiger charge is 2.67. The first kappa shape index (κ1) is 14.7. The SMILES string of the molecule is CC(C)[C@@]12C=C[C@@](C)(CC1)[C@H]1C(=O)N(c3ccccc3)C(=O)[C@H]12. The second-order valence-corrected chi connectivity index (χ2v) is 7.91. The Morgan fingerprint density at radius 3 is 2.22 bits per heavy atom. The van der Waals surface area contributed by atoms with Crippen LogP contribution in [0.1, 0.15) is 33.6 Å². The smallest absolute Gasteiger partial charge is 0.238 e. The summed E-state index contributed by atoms with van der Waals surface area (Å²) in [6.07, 6.45) is 6.46. The number of carbonyl (C=O) groups is 2. The van der Waals surface area contributed by atoms with Gasteiger partial charge in [0.05, 0.1) is 17.5 Å². The van der Waals surface area contributed by atoms with Crippen LogP contribution in [0.15, 0.2) is 42.5 Å². The molecule has 4 atom stereocenters. The van der Waals surface area contributed by atoms with E-state index in [1.807, 2.05) is 30.3 Å². The van der Waals surface area contributed by atoms with Crippen LogP contribution < -0.4 is 4.90 Å². The highest BCUT2D eigenvalue weighted by atomic mass is 16.2. The van der Waals surface area contributed by atoms with E-state index >= 15 is 0 Å². The minimum Gasteiger partial charge on any atom is -0.274 e. The summed E-state index contributed by atoms with van der Waals surface area (Å²) in [6.45, 7) is 6.50. The van der Waals surface area contributed by atoms with Crippen LogP contribution in [0.2, 0.25) is 0 Å². The third-order valence-corrected chi connectivity index (χ3v) is 6.56. The van der Waals surface area contributed by atoms with Crippen molar-refractivity contribution in [3.63, 3.8) is 0 Å². The Balaban J connectivity index is 1.86. The van der Waals surface area contributed by atoms with Crippen LogP contribution in [0.5, 0.6) is 0 Å². The van der Waals surface area contributed by atoms with E-state index in [4.69, 9.17) is 0 Å². The third kappa shape index (κ3) is 1.71. The quantitative estimate of drug-likeness (QED) is 0.615. The van der Waals surface area contributed by atoms with Crippen molar-refractivity contribution in [1.29, 1.82) is 0 Å². The number of amides is 2. The van der Waals surface area contributed by atoms with E-state index in [-0.39, 0.29) is 34.5 Å². The molecule has 1 heterocycles. The van der Waals surface area contributed by atoms with Crippen LogP contribution in [0.3, 0.4) is 0 Å². The van der Waals surface area contributed by atoms with E-state index in [0.717, 1.165) is 12.8 Å². The van der Waals surface area contributed by atoms with Crippen LogP contribution >= 0.6 is 0 Å². The zero-order valence-electron chi connectivity index (χ0n) is 14.0. The van der Waals surface area contributed by atoms with E-state index in [1.54, 1.807) is 0 Å². The van der Waals surface area contributed by atoms with Gasteiger partial charge in [-0.3, -0.25) is 14.5 Å². The van der Waals surface area contributed by atoms with Gasteiger partial charge in [-0.15, -0.1) is 0 Å². The molecule has 5 rings (SSSR count). The summed E-state index contributed by atoms with van der Waals surface area (Å²) in [6, 6.07) is 9.37. The van der Waals surface area contributed by atoms with Crippen LogP contribution in [-0.2, 0) is 9.59 Å². The van der Waals surface area contributed by atoms with Gasteiger partial charge >= 0.3 is 0 Å². The molecule has 1 aliphatic heterocycles. The lowest BCUT2D eigenvalue weighted by atomic mass is 9.46. The fourth-order valence-corrected chi connectivity index (χ4v) is 5.06. The molecule has 3 heteroatoms. The monoisotopic (exact) mass is 309 g/mol. The largest absolute Gasteiger partial charge is 0.274 e. The van der Waals surface area contributed by atoms with E-state index < -0.39 is 0 Å². The molecule has 0 radical (unpaired) electrons. The van der Waals surface area contributed by atoms with Crippen molar-refractivity contribution >= 4 is 17.5 Å². The summed E-state index contributed by atoms with van der Waals surface area (Å²) in [5.74, 6) is -0.0863. The molecule has 1 aromatic carbocycles. The number of nitrogens with zero attached hydrogens (tertiary/aromatic N) is 1. The Kier molecular flexibility index (Phi) is 2.91. The van der Waals surface area contributed by atoms with Gasteiger partial charge in [-0.1, -0.05) is 51.1 Å². The third-order valence-electron chi connectivity index (χ3n) is 6.56. The molecule has 4 aliphatic rings. The number of allylic oxidation sites excluding steroid dienone is 2. The zero-order chi connectivity index (χ0) is 16.4. The number of carbonyl (C=O) groups excluding carboxylic acids is 2. The van der Waals surface area contributed by atoms with Crippen LogP contribution in [0.25, 0.3) is 0 Å². The second-order valence-electron chi connectivity index (χ2n) is 7.91. The van der Waals surface area contributed by atoms with Crippen molar-refractivity contribution in [3.05, 3.63) is 42.5 Å². The summed E-state index contributed by atoms with van der Waals surface area (Å²) in [5, 5.41) is 0. The lowest BCUT2D eigenvalue weighted by Gasteiger charge is -2.55. The molecule has 1 saturated heterocycles. The molecular formula is C20H23NO2. The number of hydrogen-bond donors (Lipinski definition) is 0. The molecule has 2 bridgehead atoms. The molecular weight excluding hydrogens is 286 g/mol. The number of imide groups is 1. The second kappa shape index (κ2) is 4.56. The highest BCUT2D eigenvalue weighted by Crippen LogP contribution is 2.64. The van der Waals surface area contributed by atoms with Gasteiger partial charge in [0.25, 0.3) is 0 Å². The average Bonchev–Trinajstić information content (AvgIpc) is 2.83. The molecule has 2 amide bonds. The highest BCUT2D eigenvalue weighted by molar-refractivity contribution is 6.23. The summed E-state index contributed by atoms with van der Waals surface area (Å²) in [4.78, 5) is 27.9. The van der Waals surface area contributed by atoms with Crippen molar-refractivity contribution in [2.45, 2.75) is 33.6 Å². The Hall–Kier alpha value is -1.90. The standard InChI is InChI=1S/C20H23NO2/c1-13(2)20-11-9-19(3,10-12-20)15-16(20)18(23)21(17(15)22)14-7-5-4-6-8-14/h4-9,11,13,15-16H,10,12H2,1-3H3/t15-,16+,19+,20-/m1/s1. The van der Waals surface area contributed by atoms with Gasteiger partial charge in [0, 0.05) is 5.41 Å². The average molecular weight is 309 g/mol. The number of hydrogen-bond acceptors (Lipinski definition) is 2. The first-order valence-corrected chi connectivity index (χ1v) is 8.54. The normalized spacial score (nSPS) is 38.5. The number of rotatable bonds is 2. The topological polar surface area (TPSA) is 37.4 Å². The first-order valence-electron chi connectivity index (χ1n) is 8.54. The molecule has 120 valence electrons. The van der Waals surface area contributed by atoms with E-state index in [9.17, 15) is 9.59 Å². The fraction of sp³-hybridized carbons (Fsp3) is 0.500. The van der Waals surface area contributed by atoms with Crippen LogP contribution in [0, 0.1) is 28.6 Å². The number of para-hydroxylation sites is 1. The van der Waals surface area contributed by atoms with Gasteiger partial charge in [0.15, 0.2) is 0 Å². The fourth-order valence-electron chi connectivity index (χ4n) is 5.06. The van der Waals surface area contributed by atoms with Crippen molar-refractivity contribution in [2.75, 3.05) is 4.90 Å². The Bertz CT molecular complexity index is 708. The predicted molar refractivity (Wildman–Crippen MR) is 89.7 cm³/mol. The first-order chi connectivity index (χ1) is 10.9. The van der Waals surface area contributed by atoms with Crippen molar-refractivity contribution in [3.8, 4) is 0 Å². The maximum Gasteiger partial charge on any atom is 0.238 e. The molecule has 3 aliphatic carbocycles. The van der Waals surface area contributed by atoms with E-state index in [1.165, 1.54) is 4.90 Å².